The molecule has 0 saturated carbocycles. The van der Waals surface area contributed by atoms with Crippen LogP contribution in [0.3, 0.4) is 0 Å². The van der Waals surface area contributed by atoms with Gasteiger partial charge in [0.25, 0.3) is 0 Å². The van der Waals surface area contributed by atoms with E-state index in [4.69, 9.17) is 24.4 Å². The zero-order valence-electron chi connectivity index (χ0n) is 9.72. The SMILES string of the molecule is C=CC(=S)C(C(=S)C=C)=C(C#N)c1ccccc1. The number of rotatable bonds is 5. The summed E-state index contributed by atoms with van der Waals surface area (Å²) in [5.74, 6) is 0. The maximum absolute atomic E-state index is 9.34. The maximum atomic E-state index is 9.34. The predicted octanol–water partition coefficient (Wildman–Crippen LogP) is 4.08. The quantitative estimate of drug-likeness (QED) is 0.457. The van der Waals surface area contributed by atoms with Gasteiger partial charge in [-0.2, -0.15) is 5.26 Å². The van der Waals surface area contributed by atoms with Crippen molar-refractivity contribution >= 4 is 39.7 Å². The summed E-state index contributed by atoms with van der Waals surface area (Å²) >= 11 is 10.4. The Morgan fingerprint density at radius 3 is 1.94 bits per heavy atom. The molecule has 0 spiro atoms. The van der Waals surface area contributed by atoms with E-state index in [9.17, 15) is 5.26 Å². The first-order valence-electron chi connectivity index (χ1n) is 5.19. The number of benzene rings is 1. The van der Waals surface area contributed by atoms with Crippen LogP contribution < -0.4 is 0 Å². The van der Waals surface area contributed by atoms with Crippen molar-refractivity contribution in [1.82, 2.24) is 0 Å². The number of thiocarbonyl (C=S) groups is 2. The van der Waals surface area contributed by atoms with Crippen molar-refractivity contribution in [3.63, 3.8) is 0 Å². The van der Waals surface area contributed by atoms with Crippen LogP contribution in [0.4, 0.5) is 0 Å². The molecule has 0 saturated heterocycles. The summed E-state index contributed by atoms with van der Waals surface area (Å²) in [5, 5.41) is 9.34. The molecule has 0 atom stereocenters. The van der Waals surface area contributed by atoms with Crippen LogP contribution >= 0.6 is 24.4 Å². The van der Waals surface area contributed by atoms with Crippen LogP contribution in [0.5, 0.6) is 0 Å². The average molecular weight is 269 g/mol. The van der Waals surface area contributed by atoms with Gasteiger partial charge in [0.1, 0.15) is 6.07 Å². The highest BCUT2D eigenvalue weighted by Crippen LogP contribution is 2.21. The lowest BCUT2D eigenvalue weighted by atomic mass is 9.96. The smallest absolute Gasteiger partial charge is 0.100 e. The lowest BCUT2D eigenvalue weighted by Crippen LogP contribution is -2.07. The maximum Gasteiger partial charge on any atom is 0.100 e. The van der Waals surface area contributed by atoms with Crippen LogP contribution in [0.2, 0.25) is 0 Å². The van der Waals surface area contributed by atoms with Crippen LogP contribution in [-0.4, -0.2) is 9.73 Å². The fraction of sp³-hybridized carbons (Fsp3) is 0. The molecule has 0 unspecified atom stereocenters. The van der Waals surface area contributed by atoms with Crippen LogP contribution in [0.1, 0.15) is 5.56 Å². The zero-order valence-corrected chi connectivity index (χ0v) is 11.4. The molecule has 88 valence electrons. The molecule has 0 fully saturated rings. The first-order chi connectivity index (χ1) is 8.65. The third kappa shape index (κ3) is 3.07. The molecule has 1 nitrogen and oxygen atoms in total. The highest BCUT2D eigenvalue weighted by molar-refractivity contribution is 7.83. The highest BCUT2D eigenvalue weighted by atomic mass is 32.1. The Labute approximate surface area is 118 Å². The molecule has 0 aromatic heterocycles. The largest absolute Gasteiger partial charge is 0.192 e. The van der Waals surface area contributed by atoms with Crippen LogP contribution in [0, 0.1) is 11.3 Å². The number of hydrogen-bond donors (Lipinski definition) is 0. The highest BCUT2D eigenvalue weighted by Gasteiger charge is 2.14. The first-order valence-corrected chi connectivity index (χ1v) is 6.00. The van der Waals surface area contributed by atoms with Crippen molar-refractivity contribution in [2.75, 3.05) is 0 Å². The summed E-state index contributed by atoms with van der Waals surface area (Å²) in [4.78, 5) is 0.917. The van der Waals surface area contributed by atoms with E-state index in [0.717, 1.165) is 5.56 Å². The van der Waals surface area contributed by atoms with E-state index in [1.807, 2.05) is 30.3 Å². The lowest BCUT2D eigenvalue weighted by Gasteiger charge is -2.08. The predicted molar refractivity (Wildman–Crippen MR) is 84.6 cm³/mol. The summed E-state index contributed by atoms with van der Waals surface area (Å²) in [7, 11) is 0. The molecular weight excluding hydrogens is 258 g/mol. The topological polar surface area (TPSA) is 23.8 Å². The van der Waals surface area contributed by atoms with Gasteiger partial charge in [-0.05, 0) is 5.56 Å². The van der Waals surface area contributed by atoms with E-state index in [1.165, 1.54) is 12.2 Å². The summed E-state index contributed by atoms with van der Waals surface area (Å²) in [6.45, 7) is 7.26. The molecule has 0 amide bonds. The van der Waals surface area contributed by atoms with Gasteiger partial charge in [-0.25, -0.2) is 0 Å². The first kappa shape index (κ1) is 14.2. The standard InChI is InChI=1S/C15H11NS2/c1-3-13(17)15(14(18)4-2)12(10-16)11-8-6-5-7-9-11/h3-9H,1-2H2. The van der Waals surface area contributed by atoms with Crippen molar-refractivity contribution in [3.05, 3.63) is 66.8 Å². The molecule has 0 N–H and O–H groups in total. The molecule has 0 heterocycles. The third-order valence-corrected chi connectivity index (χ3v) is 3.03. The van der Waals surface area contributed by atoms with Crippen molar-refractivity contribution in [2.24, 2.45) is 0 Å². The van der Waals surface area contributed by atoms with E-state index in [1.54, 1.807) is 0 Å². The fourth-order valence-corrected chi connectivity index (χ4v) is 1.93. The van der Waals surface area contributed by atoms with Crippen LogP contribution in [-0.2, 0) is 0 Å². The zero-order chi connectivity index (χ0) is 13.5. The van der Waals surface area contributed by atoms with Crippen LogP contribution in [0.15, 0.2) is 61.2 Å². The fourth-order valence-electron chi connectivity index (χ4n) is 1.44. The Balaban J connectivity index is 3.55. The number of hydrogen-bond acceptors (Lipinski definition) is 3. The molecule has 0 aliphatic carbocycles. The molecule has 1 aromatic rings. The minimum atomic E-state index is 0.449. The van der Waals surface area contributed by atoms with E-state index in [0.29, 0.717) is 20.9 Å². The lowest BCUT2D eigenvalue weighted by molar-refractivity contribution is 1.52. The average Bonchev–Trinajstić information content (AvgIpc) is 2.44. The van der Waals surface area contributed by atoms with Gasteiger partial charge in [-0.1, -0.05) is 80.1 Å². The Morgan fingerprint density at radius 1 is 1.06 bits per heavy atom. The van der Waals surface area contributed by atoms with Gasteiger partial charge < -0.3 is 0 Å². The summed E-state index contributed by atoms with van der Waals surface area (Å²) in [6, 6.07) is 11.4. The molecular formula is C15H11NS2. The monoisotopic (exact) mass is 269 g/mol. The molecule has 18 heavy (non-hydrogen) atoms. The van der Waals surface area contributed by atoms with Crippen LogP contribution in [0.25, 0.3) is 5.57 Å². The Morgan fingerprint density at radius 2 is 1.56 bits per heavy atom. The van der Waals surface area contributed by atoms with Gasteiger partial charge >= 0.3 is 0 Å². The number of nitrogens with zero attached hydrogens (tertiary/aromatic N) is 1. The van der Waals surface area contributed by atoms with E-state index < -0.39 is 0 Å². The minimum Gasteiger partial charge on any atom is -0.192 e. The van der Waals surface area contributed by atoms with E-state index in [2.05, 4.69) is 19.2 Å². The Bertz CT molecular complexity index is 552. The summed E-state index contributed by atoms with van der Waals surface area (Å²) in [6.07, 6.45) is 3.03. The Kier molecular flexibility index (Phi) is 5.31. The summed E-state index contributed by atoms with van der Waals surface area (Å²) in [5.41, 5.74) is 1.77. The molecule has 0 radical (unpaired) electrons. The van der Waals surface area contributed by atoms with E-state index >= 15 is 0 Å². The second-order valence-corrected chi connectivity index (χ2v) is 4.24. The molecule has 3 heteroatoms. The normalized spacial score (nSPS) is 8.83. The minimum absolute atomic E-state index is 0.449. The van der Waals surface area contributed by atoms with Gasteiger partial charge in [0.2, 0.25) is 0 Å². The Hall–Kier alpha value is -1.89. The molecule has 0 aliphatic heterocycles. The molecule has 0 bridgehead atoms. The van der Waals surface area contributed by atoms with Crippen molar-refractivity contribution < 1.29 is 0 Å². The van der Waals surface area contributed by atoms with E-state index in [-0.39, 0.29) is 0 Å². The van der Waals surface area contributed by atoms with Gasteiger partial charge in [-0.3, -0.25) is 0 Å². The number of nitriles is 1. The van der Waals surface area contributed by atoms with Gasteiger partial charge in [0.05, 0.1) is 5.57 Å². The molecule has 1 aromatic carbocycles. The van der Waals surface area contributed by atoms with Crippen molar-refractivity contribution in [2.45, 2.75) is 0 Å². The summed E-state index contributed by atoms with van der Waals surface area (Å²) < 4.78 is 0. The third-order valence-electron chi connectivity index (χ3n) is 2.29. The van der Waals surface area contributed by atoms with Gasteiger partial charge in [0, 0.05) is 15.3 Å². The number of allylic oxidation sites excluding steroid dienone is 4. The molecule has 1 rings (SSSR count). The molecule has 0 aliphatic rings. The van der Waals surface area contributed by atoms with Gasteiger partial charge in [-0.15, -0.1) is 0 Å². The second-order valence-electron chi connectivity index (χ2n) is 3.36. The van der Waals surface area contributed by atoms with Crippen molar-refractivity contribution in [3.8, 4) is 6.07 Å². The van der Waals surface area contributed by atoms with Gasteiger partial charge in [0.15, 0.2) is 0 Å². The second kappa shape index (κ2) is 6.75. The van der Waals surface area contributed by atoms with Crippen molar-refractivity contribution in [1.29, 1.82) is 5.26 Å².